The minimum absolute atomic E-state index is 0.867. The Morgan fingerprint density at radius 3 is 1.73 bits per heavy atom. The normalized spacial score (nSPS) is 6.80. The van der Waals surface area contributed by atoms with E-state index in [-0.39, 0.29) is 0 Å². The minimum Gasteiger partial charge on any atom is -0.497 e. The van der Waals surface area contributed by atoms with Gasteiger partial charge in [-0.1, -0.05) is 33.6 Å². The Morgan fingerprint density at radius 1 is 0.933 bits per heavy atom. The average Bonchev–Trinajstić information content (AvgIpc) is 2.36. The van der Waals surface area contributed by atoms with Crippen molar-refractivity contribution in [3.63, 3.8) is 0 Å². The molecule has 0 heterocycles. The highest BCUT2D eigenvalue weighted by atomic mass is 16.5. The molecule has 1 nitrogen and oxygen atoms in total. The Hall–Kier alpha value is -1.42. The molecule has 0 saturated heterocycles. The fourth-order valence-corrected chi connectivity index (χ4v) is 0.819. The molecule has 84 valence electrons. The van der Waals surface area contributed by atoms with Gasteiger partial charge in [0.05, 0.1) is 7.11 Å². The van der Waals surface area contributed by atoms with Crippen molar-refractivity contribution in [2.45, 2.75) is 34.6 Å². The minimum atomic E-state index is 0.867. The van der Waals surface area contributed by atoms with Gasteiger partial charge in [0, 0.05) is 5.56 Å². The van der Waals surface area contributed by atoms with Crippen LogP contribution in [0.15, 0.2) is 24.3 Å². The largest absolute Gasteiger partial charge is 0.497 e. The molecule has 0 N–H and O–H groups in total. The third-order valence-corrected chi connectivity index (χ3v) is 1.36. The molecule has 1 aromatic carbocycles. The summed E-state index contributed by atoms with van der Waals surface area (Å²) in [6.07, 6.45) is 0. The molecule has 0 unspecified atom stereocenters. The Bertz CT molecular complexity index is 274. The lowest BCUT2D eigenvalue weighted by Gasteiger charge is -1.96. The van der Waals surface area contributed by atoms with Gasteiger partial charge in [0.2, 0.25) is 0 Å². The molecule has 0 saturated carbocycles. The van der Waals surface area contributed by atoms with Gasteiger partial charge in [0.25, 0.3) is 0 Å². The van der Waals surface area contributed by atoms with Crippen LogP contribution in [0.4, 0.5) is 0 Å². The summed E-state index contributed by atoms with van der Waals surface area (Å²) in [7, 11) is 1.65. The van der Waals surface area contributed by atoms with Crippen LogP contribution in [0.3, 0.4) is 0 Å². The van der Waals surface area contributed by atoms with E-state index in [2.05, 4.69) is 11.8 Å². The molecule has 0 fully saturated rings. The number of rotatable bonds is 1. The Kier molecular flexibility index (Phi) is 13.4. The van der Waals surface area contributed by atoms with Crippen LogP contribution in [0.5, 0.6) is 5.75 Å². The standard InChI is InChI=1S/C10H10O.2C2H6/c1-3-4-9-5-7-10(11-2)8-6-9;2*1-2/h5-8H,1-2H3;2*1-2H3. The van der Waals surface area contributed by atoms with Crippen LogP contribution in [0.1, 0.15) is 40.2 Å². The lowest BCUT2D eigenvalue weighted by Crippen LogP contribution is -1.81. The van der Waals surface area contributed by atoms with Gasteiger partial charge in [-0.25, -0.2) is 0 Å². The second-order valence-electron chi connectivity index (χ2n) is 2.10. The Labute approximate surface area is 94.5 Å². The number of methoxy groups -OCH3 is 1. The average molecular weight is 206 g/mol. The van der Waals surface area contributed by atoms with Gasteiger partial charge in [-0.05, 0) is 31.2 Å². The van der Waals surface area contributed by atoms with Crippen molar-refractivity contribution in [2.75, 3.05) is 7.11 Å². The first kappa shape index (κ1) is 16.0. The van der Waals surface area contributed by atoms with Crippen molar-refractivity contribution < 1.29 is 4.74 Å². The molecule has 0 aliphatic heterocycles. The van der Waals surface area contributed by atoms with Crippen molar-refractivity contribution in [3.8, 4) is 17.6 Å². The van der Waals surface area contributed by atoms with E-state index in [1.54, 1.807) is 7.11 Å². The topological polar surface area (TPSA) is 9.23 Å². The Morgan fingerprint density at radius 2 is 1.40 bits per heavy atom. The van der Waals surface area contributed by atoms with Gasteiger partial charge < -0.3 is 4.74 Å². The van der Waals surface area contributed by atoms with Gasteiger partial charge in [-0.15, -0.1) is 5.92 Å². The third kappa shape index (κ3) is 7.64. The summed E-state index contributed by atoms with van der Waals surface area (Å²) in [4.78, 5) is 0. The quantitative estimate of drug-likeness (QED) is 0.628. The first-order chi connectivity index (χ1) is 7.36. The number of ether oxygens (including phenoxy) is 1. The van der Waals surface area contributed by atoms with Crippen molar-refractivity contribution in [3.05, 3.63) is 29.8 Å². The Balaban J connectivity index is 0. The summed E-state index contributed by atoms with van der Waals surface area (Å²) in [5, 5.41) is 0. The van der Waals surface area contributed by atoms with Crippen LogP contribution in [-0.4, -0.2) is 7.11 Å². The van der Waals surface area contributed by atoms with Gasteiger partial charge >= 0.3 is 0 Å². The van der Waals surface area contributed by atoms with Crippen LogP contribution in [0.2, 0.25) is 0 Å². The molecular formula is C14H22O. The fraction of sp³-hybridized carbons (Fsp3) is 0.429. The molecule has 1 heteroatoms. The van der Waals surface area contributed by atoms with E-state index in [1.807, 2.05) is 58.9 Å². The van der Waals surface area contributed by atoms with E-state index in [0.29, 0.717) is 0 Å². The molecule has 0 radical (unpaired) electrons. The molecule has 0 spiro atoms. The molecule has 0 atom stereocenters. The number of hydrogen-bond donors (Lipinski definition) is 0. The zero-order valence-electron chi connectivity index (χ0n) is 10.7. The van der Waals surface area contributed by atoms with E-state index in [9.17, 15) is 0 Å². The van der Waals surface area contributed by atoms with Crippen molar-refractivity contribution in [1.82, 2.24) is 0 Å². The molecular weight excluding hydrogens is 184 g/mol. The van der Waals surface area contributed by atoms with E-state index in [4.69, 9.17) is 4.74 Å². The summed E-state index contributed by atoms with van der Waals surface area (Å²) in [6, 6.07) is 7.68. The fourth-order valence-electron chi connectivity index (χ4n) is 0.819. The molecule has 0 aromatic heterocycles. The van der Waals surface area contributed by atoms with Crippen LogP contribution in [0.25, 0.3) is 0 Å². The zero-order chi connectivity index (χ0) is 12.1. The van der Waals surface area contributed by atoms with E-state index in [1.165, 1.54) is 0 Å². The predicted molar refractivity (Wildman–Crippen MR) is 68.2 cm³/mol. The summed E-state index contributed by atoms with van der Waals surface area (Å²) in [6.45, 7) is 9.82. The first-order valence-corrected chi connectivity index (χ1v) is 5.43. The third-order valence-electron chi connectivity index (χ3n) is 1.36. The SMILES string of the molecule is CC.CC.CC#Cc1ccc(OC)cc1. The predicted octanol–water partition coefficient (Wildman–Crippen LogP) is 4.12. The van der Waals surface area contributed by atoms with Crippen molar-refractivity contribution in [2.24, 2.45) is 0 Å². The number of benzene rings is 1. The van der Waals surface area contributed by atoms with Gasteiger partial charge in [0.1, 0.15) is 5.75 Å². The van der Waals surface area contributed by atoms with Gasteiger partial charge in [-0.2, -0.15) is 0 Å². The highest BCUT2D eigenvalue weighted by Crippen LogP contribution is 2.09. The van der Waals surface area contributed by atoms with Crippen LogP contribution in [0, 0.1) is 11.8 Å². The molecule has 0 aliphatic rings. The van der Waals surface area contributed by atoms with E-state index < -0.39 is 0 Å². The molecule has 0 aliphatic carbocycles. The van der Waals surface area contributed by atoms with Crippen LogP contribution >= 0.6 is 0 Å². The highest BCUT2D eigenvalue weighted by molar-refractivity contribution is 5.37. The van der Waals surface area contributed by atoms with E-state index in [0.717, 1.165) is 11.3 Å². The molecule has 15 heavy (non-hydrogen) atoms. The second-order valence-corrected chi connectivity index (χ2v) is 2.10. The van der Waals surface area contributed by atoms with Gasteiger partial charge in [-0.3, -0.25) is 0 Å². The second kappa shape index (κ2) is 12.6. The zero-order valence-corrected chi connectivity index (χ0v) is 10.7. The maximum Gasteiger partial charge on any atom is 0.118 e. The van der Waals surface area contributed by atoms with Crippen LogP contribution in [-0.2, 0) is 0 Å². The van der Waals surface area contributed by atoms with Crippen LogP contribution < -0.4 is 4.74 Å². The van der Waals surface area contributed by atoms with Crippen molar-refractivity contribution >= 4 is 0 Å². The summed E-state index contributed by atoms with van der Waals surface area (Å²) >= 11 is 0. The smallest absolute Gasteiger partial charge is 0.118 e. The van der Waals surface area contributed by atoms with E-state index >= 15 is 0 Å². The van der Waals surface area contributed by atoms with Gasteiger partial charge in [0.15, 0.2) is 0 Å². The monoisotopic (exact) mass is 206 g/mol. The first-order valence-electron chi connectivity index (χ1n) is 5.43. The molecule has 1 aromatic rings. The maximum absolute atomic E-state index is 5.00. The highest BCUT2D eigenvalue weighted by Gasteiger charge is 1.88. The lowest BCUT2D eigenvalue weighted by molar-refractivity contribution is 0.415. The number of hydrogen-bond acceptors (Lipinski definition) is 1. The maximum atomic E-state index is 5.00. The summed E-state index contributed by atoms with van der Waals surface area (Å²) < 4.78 is 5.00. The summed E-state index contributed by atoms with van der Waals surface area (Å²) in [5.74, 6) is 6.65. The molecule has 0 amide bonds. The van der Waals surface area contributed by atoms with Crippen molar-refractivity contribution in [1.29, 1.82) is 0 Å². The summed E-state index contributed by atoms with van der Waals surface area (Å²) in [5.41, 5.74) is 1.02. The molecule has 0 bridgehead atoms. The molecule has 1 rings (SSSR count). The lowest BCUT2D eigenvalue weighted by atomic mass is 10.2.